The topological polar surface area (TPSA) is 41.1 Å². The highest BCUT2D eigenvalue weighted by Gasteiger charge is 2.31. The van der Waals surface area contributed by atoms with Gasteiger partial charge in [-0.25, -0.2) is 0 Å². The molecule has 2 atom stereocenters. The second-order valence-corrected chi connectivity index (χ2v) is 4.64. The molecule has 2 rings (SSSR count). The van der Waals surface area contributed by atoms with Crippen LogP contribution in [0.2, 0.25) is 0 Å². The summed E-state index contributed by atoms with van der Waals surface area (Å²) >= 11 is 0. The number of hydrogen-bond acceptors (Lipinski definition) is 2. The van der Waals surface area contributed by atoms with Gasteiger partial charge in [-0.1, -0.05) is 12.8 Å². The first-order chi connectivity index (χ1) is 6.75. The van der Waals surface area contributed by atoms with Gasteiger partial charge in [0.15, 0.2) is 0 Å². The number of nitrogens with one attached hydrogen (secondary N) is 2. The van der Waals surface area contributed by atoms with Crippen molar-refractivity contribution in [2.75, 3.05) is 0 Å². The molecule has 0 heterocycles. The Kier molecular flexibility index (Phi) is 3.06. The van der Waals surface area contributed by atoms with Gasteiger partial charge in [0.25, 0.3) is 0 Å². The Hall–Kier alpha value is -0.570. The second-order valence-electron chi connectivity index (χ2n) is 4.64. The Morgan fingerprint density at radius 1 is 1.07 bits per heavy atom. The Labute approximate surface area is 85.6 Å². The smallest absolute Gasteiger partial charge is 0.217 e. The van der Waals surface area contributed by atoms with Crippen molar-refractivity contribution in [3.8, 4) is 0 Å². The molecule has 0 aromatic carbocycles. The van der Waals surface area contributed by atoms with Crippen LogP contribution in [-0.4, -0.2) is 24.0 Å². The van der Waals surface area contributed by atoms with Gasteiger partial charge in [0.05, 0.1) is 0 Å². The largest absolute Gasteiger partial charge is 0.352 e. The lowest BCUT2D eigenvalue weighted by Gasteiger charge is -2.32. The molecule has 0 aromatic heterocycles. The highest BCUT2D eigenvalue weighted by Crippen LogP contribution is 2.25. The third kappa shape index (κ3) is 2.71. The summed E-state index contributed by atoms with van der Waals surface area (Å²) in [6, 6.07) is 1.65. The van der Waals surface area contributed by atoms with Crippen LogP contribution in [-0.2, 0) is 4.79 Å². The molecule has 2 aliphatic rings. The van der Waals surface area contributed by atoms with E-state index in [0.717, 1.165) is 12.5 Å². The molecule has 14 heavy (non-hydrogen) atoms. The fourth-order valence-corrected chi connectivity index (χ4v) is 2.32. The predicted molar refractivity (Wildman–Crippen MR) is 56.0 cm³/mol. The highest BCUT2D eigenvalue weighted by atomic mass is 16.1. The molecule has 0 saturated heterocycles. The molecule has 2 aliphatic carbocycles. The van der Waals surface area contributed by atoms with Crippen LogP contribution in [0.15, 0.2) is 0 Å². The summed E-state index contributed by atoms with van der Waals surface area (Å²) in [4.78, 5) is 11.0. The van der Waals surface area contributed by atoms with E-state index in [1.807, 2.05) is 0 Å². The average Bonchev–Trinajstić information content (AvgIpc) is 2.91. The van der Waals surface area contributed by atoms with Crippen LogP contribution in [0, 0.1) is 0 Å². The minimum atomic E-state index is 0.111. The van der Waals surface area contributed by atoms with E-state index in [4.69, 9.17) is 0 Å². The SMILES string of the molecule is CC(=O)N[C@@H]1CCCC[C@@H]1NC1CC1. The van der Waals surface area contributed by atoms with Crippen LogP contribution in [0.25, 0.3) is 0 Å². The standard InChI is InChI=1S/C11H20N2O/c1-8(14)12-10-4-2-3-5-11(10)13-9-6-7-9/h9-11,13H,2-7H2,1H3,(H,12,14)/t10-,11+/m1/s1. The van der Waals surface area contributed by atoms with Gasteiger partial charge in [0.2, 0.25) is 5.91 Å². The van der Waals surface area contributed by atoms with Crippen LogP contribution >= 0.6 is 0 Å². The molecule has 0 radical (unpaired) electrons. The Morgan fingerprint density at radius 2 is 1.71 bits per heavy atom. The number of carbonyl (C=O) groups is 1. The van der Waals surface area contributed by atoms with Crippen LogP contribution in [0.1, 0.15) is 45.4 Å². The van der Waals surface area contributed by atoms with Crippen molar-refractivity contribution in [2.24, 2.45) is 0 Å². The van der Waals surface area contributed by atoms with Gasteiger partial charge in [0.1, 0.15) is 0 Å². The Bertz CT molecular complexity index is 213. The average molecular weight is 196 g/mol. The maximum absolute atomic E-state index is 11.0. The lowest BCUT2D eigenvalue weighted by atomic mass is 9.90. The van der Waals surface area contributed by atoms with Crippen molar-refractivity contribution in [1.82, 2.24) is 10.6 Å². The molecule has 0 aliphatic heterocycles. The van der Waals surface area contributed by atoms with Crippen molar-refractivity contribution in [3.63, 3.8) is 0 Å². The number of hydrogen-bond donors (Lipinski definition) is 2. The third-order valence-electron chi connectivity index (χ3n) is 3.18. The molecule has 2 fully saturated rings. The zero-order chi connectivity index (χ0) is 9.97. The van der Waals surface area contributed by atoms with Crippen LogP contribution in [0.5, 0.6) is 0 Å². The molecule has 3 heteroatoms. The molecule has 2 N–H and O–H groups in total. The number of amides is 1. The van der Waals surface area contributed by atoms with Gasteiger partial charge in [-0.05, 0) is 25.7 Å². The fourth-order valence-electron chi connectivity index (χ4n) is 2.32. The first kappa shape index (κ1) is 9.97. The van der Waals surface area contributed by atoms with Gasteiger partial charge in [-0.15, -0.1) is 0 Å². The maximum Gasteiger partial charge on any atom is 0.217 e. The third-order valence-corrected chi connectivity index (χ3v) is 3.18. The van der Waals surface area contributed by atoms with E-state index in [-0.39, 0.29) is 5.91 Å². The summed E-state index contributed by atoms with van der Waals surface area (Å²) in [5.74, 6) is 0.111. The molecule has 1 amide bonds. The summed E-state index contributed by atoms with van der Waals surface area (Å²) < 4.78 is 0. The van der Waals surface area contributed by atoms with Crippen molar-refractivity contribution in [1.29, 1.82) is 0 Å². The van der Waals surface area contributed by atoms with Crippen LogP contribution in [0.3, 0.4) is 0 Å². The van der Waals surface area contributed by atoms with Gasteiger partial charge < -0.3 is 10.6 Å². The predicted octanol–water partition coefficient (Wildman–Crippen LogP) is 1.19. The van der Waals surface area contributed by atoms with Crippen LogP contribution in [0.4, 0.5) is 0 Å². The zero-order valence-electron chi connectivity index (χ0n) is 8.88. The lowest BCUT2D eigenvalue weighted by molar-refractivity contribution is -0.120. The first-order valence-corrected chi connectivity index (χ1v) is 5.79. The van der Waals surface area contributed by atoms with Gasteiger partial charge in [0, 0.05) is 25.0 Å². The molecule has 3 nitrogen and oxygen atoms in total. The van der Waals surface area contributed by atoms with E-state index >= 15 is 0 Å². The summed E-state index contributed by atoms with van der Waals surface area (Å²) in [6.45, 7) is 1.61. The Balaban J connectivity index is 1.84. The van der Waals surface area contributed by atoms with Gasteiger partial charge >= 0.3 is 0 Å². The minimum absolute atomic E-state index is 0.111. The fraction of sp³-hybridized carbons (Fsp3) is 0.909. The first-order valence-electron chi connectivity index (χ1n) is 5.79. The molecular formula is C11H20N2O. The quantitative estimate of drug-likeness (QED) is 0.712. The highest BCUT2D eigenvalue weighted by molar-refractivity contribution is 5.73. The van der Waals surface area contributed by atoms with Crippen molar-refractivity contribution >= 4 is 5.91 Å². The van der Waals surface area contributed by atoms with Gasteiger partial charge in [-0.3, -0.25) is 4.79 Å². The molecule has 0 unspecified atom stereocenters. The minimum Gasteiger partial charge on any atom is -0.352 e. The molecular weight excluding hydrogens is 176 g/mol. The van der Waals surface area contributed by atoms with Gasteiger partial charge in [-0.2, -0.15) is 0 Å². The number of carbonyl (C=O) groups excluding carboxylic acids is 1. The zero-order valence-corrected chi connectivity index (χ0v) is 8.88. The molecule has 0 aromatic rings. The Morgan fingerprint density at radius 3 is 2.29 bits per heavy atom. The van der Waals surface area contributed by atoms with E-state index in [0.29, 0.717) is 12.1 Å². The molecule has 0 spiro atoms. The van der Waals surface area contributed by atoms with E-state index in [1.54, 1.807) is 6.92 Å². The van der Waals surface area contributed by atoms with E-state index in [9.17, 15) is 4.79 Å². The second kappa shape index (κ2) is 4.30. The summed E-state index contributed by atoms with van der Waals surface area (Å²) in [5, 5.41) is 6.70. The molecule has 80 valence electrons. The normalized spacial score (nSPS) is 32.6. The molecule has 0 bridgehead atoms. The summed E-state index contributed by atoms with van der Waals surface area (Å²) in [6.07, 6.45) is 7.58. The maximum atomic E-state index is 11.0. The van der Waals surface area contributed by atoms with E-state index < -0.39 is 0 Å². The summed E-state index contributed by atoms with van der Waals surface area (Å²) in [5.41, 5.74) is 0. The van der Waals surface area contributed by atoms with Crippen LogP contribution < -0.4 is 10.6 Å². The van der Waals surface area contributed by atoms with Crippen molar-refractivity contribution < 1.29 is 4.79 Å². The van der Waals surface area contributed by atoms with E-state index in [2.05, 4.69) is 10.6 Å². The monoisotopic (exact) mass is 196 g/mol. The van der Waals surface area contributed by atoms with Crippen molar-refractivity contribution in [2.45, 2.75) is 63.6 Å². The van der Waals surface area contributed by atoms with Crippen molar-refractivity contribution in [3.05, 3.63) is 0 Å². The lowest BCUT2D eigenvalue weighted by Crippen LogP contribution is -2.51. The molecule has 2 saturated carbocycles. The summed E-state index contributed by atoms with van der Waals surface area (Å²) in [7, 11) is 0. The van der Waals surface area contributed by atoms with E-state index in [1.165, 1.54) is 32.1 Å². The number of rotatable bonds is 3.